The van der Waals surface area contributed by atoms with Gasteiger partial charge in [0.05, 0.1) is 16.1 Å². The van der Waals surface area contributed by atoms with Crippen LogP contribution >= 0.6 is 11.3 Å². The molecule has 0 aliphatic rings. The molecule has 1 aromatic carbocycles. The third-order valence-corrected chi connectivity index (χ3v) is 3.83. The molecule has 0 bridgehead atoms. The molecule has 2 rings (SSSR count). The Morgan fingerprint density at radius 3 is 2.60 bits per heavy atom. The highest BCUT2D eigenvalue weighted by Crippen LogP contribution is 2.38. The largest absolute Gasteiger partial charge is 0.416 e. The zero-order valence-electron chi connectivity index (χ0n) is 10.3. The first kappa shape index (κ1) is 14.4. The number of alkyl halides is 3. The molecule has 0 aliphatic heterocycles. The van der Waals surface area contributed by atoms with Gasteiger partial charge in [0.15, 0.2) is 0 Å². The SMILES string of the molecule is CCc1cnc(-c2ccc(C(F)(F)F)cc2[N+](=O)[O-])s1. The van der Waals surface area contributed by atoms with Gasteiger partial charge in [-0.1, -0.05) is 6.92 Å². The highest BCUT2D eigenvalue weighted by atomic mass is 32.1. The van der Waals surface area contributed by atoms with E-state index in [1.165, 1.54) is 11.3 Å². The monoisotopic (exact) mass is 302 g/mol. The molecule has 0 unspecified atom stereocenters. The van der Waals surface area contributed by atoms with Gasteiger partial charge in [-0.2, -0.15) is 13.2 Å². The molecule has 0 amide bonds. The van der Waals surface area contributed by atoms with Gasteiger partial charge in [0, 0.05) is 17.1 Å². The van der Waals surface area contributed by atoms with E-state index in [0.717, 1.165) is 17.0 Å². The van der Waals surface area contributed by atoms with Crippen molar-refractivity contribution < 1.29 is 18.1 Å². The van der Waals surface area contributed by atoms with Crippen molar-refractivity contribution in [3.63, 3.8) is 0 Å². The number of aryl methyl sites for hydroxylation is 1. The van der Waals surface area contributed by atoms with E-state index in [1.54, 1.807) is 6.20 Å². The lowest BCUT2D eigenvalue weighted by Crippen LogP contribution is -2.06. The van der Waals surface area contributed by atoms with Crippen molar-refractivity contribution in [2.24, 2.45) is 0 Å². The van der Waals surface area contributed by atoms with E-state index in [1.807, 2.05) is 6.92 Å². The summed E-state index contributed by atoms with van der Waals surface area (Å²) >= 11 is 1.23. The molecule has 2 aromatic rings. The normalized spacial score (nSPS) is 11.6. The van der Waals surface area contributed by atoms with E-state index >= 15 is 0 Å². The minimum absolute atomic E-state index is 0.104. The van der Waals surface area contributed by atoms with Gasteiger partial charge in [0.1, 0.15) is 5.01 Å². The first-order valence-electron chi connectivity index (χ1n) is 5.63. The van der Waals surface area contributed by atoms with Crippen LogP contribution in [0.4, 0.5) is 18.9 Å². The molecule has 0 radical (unpaired) electrons. The van der Waals surface area contributed by atoms with Crippen LogP contribution < -0.4 is 0 Å². The lowest BCUT2D eigenvalue weighted by molar-refractivity contribution is -0.384. The minimum Gasteiger partial charge on any atom is -0.258 e. The topological polar surface area (TPSA) is 56.0 Å². The number of nitro groups is 1. The predicted octanol–water partition coefficient (Wildman–Crippen LogP) is 4.30. The molecule has 20 heavy (non-hydrogen) atoms. The number of thiazole rings is 1. The zero-order chi connectivity index (χ0) is 14.9. The van der Waals surface area contributed by atoms with Crippen LogP contribution in [0.2, 0.25) is 0 Å². The van der Waals surface area contributed by atoms with Crippen molar-refractivity contribution in [2.75, 3.05) is 0 Å². The quantitative estimate of drug-likeness (QED) is 0.627. The fraction of sp³-hybridized carbons (Fsp3) is 0.250. The van der Waals surface area contributed by atoms with Crippen LogP contribution in [0.3, 0.4) is 0 Å². The highest BCUT2D eigenvalue weighted by molar-refractivity contribution is 7.15. The summed E-state index contributed by atoms with van der Waals surface area (Å²) < 4.78 is 37.8. The summed E-state index contributed by atoms with van der Waals surface area (Å²) in [6.45, 7) is 1.90. The van der Waals surface area contributed by atoms with Gasteiger partial charge < -0.3 is 0 Å². The van der Waals surface area contributed by atoms with Gasteiger partial charge in [-0.3, -0.25) is 10.1 Å². The lowest BCUT2D eigenvalue weighted by Gasteiger charge is -2.07. The van der Waals surface area contributed by atoms with Crippen molar-refractivity contribution in [1.82, 2.24) is 4.98 Å². The molecular weight excluding hydrogens is 293 g/mol. The van der Waals surface area contributed by atoms with E-state index in [2.05, 4.69) is 4.98 Å². The number of hydrogen-bond donors (Lipinski definition) is 0. The molecule has 0 atom stereocenters. The molecule has 8 heteroatoms. The third kappa shape index (κ3) is 2.79. The second-order valence-corrected chi connectivity index (χ2v) is 5.09. The van der Waals surface area contributed by atoms with E-state index in [0.29, 0.717) is 17.5 Å². The molecular formula is C12H9F3N2O2S. The van der Waals surface area contributed by atoms with E-state index in [9.17, 15) is 23.3 Å². The van der Waals surface area contributed by atoms with Crippen LogP contribution in [0.15, 0.2) is 24.4 Å². The standard InChI is InChI=1S/C12H9F3N2O2S/c1-2-8-6-16-11(20-8)9-4-3-7(12(13,14)15)5-10(9)17(18)19/h3-6H,2H2,1H3. The molecule has 1 aromatic heterocycles. The maximum atomic E-state index is 12.6. The fourth-order valence-corrected chi connectivity index (χ4v) is 2.52. The number of halogens is 3. The molecule has 0 saturated heterocycles. The molecule has 0 spiro atoms. The zero-order valence-corrected chi connectivity index (χ0v) is 11.1. The van der Waals surface area contributed by atoms with Crippen LogP contribution in [0, 0.1) is 10.1 Å². The van der Waals surface area contributed by atoms with Crippen molar-refractivity contribution in [2.45, 2.75) is 19.5 Å². The highest BCUT2D eigenvalue weighted by Gasteiger charge is 2.33. The summed E-state index contributed by atoms with van der Waals surface area (Å²) in [4.78, 5) is 15.1. The Hall–Kier alpha value is -1.96. The van der Waals surface area contributed by atoms with E-state index in [4.69, 9.17) is 0 Å². The van der Waals surface area contributed by atoms with Gasteiger partial charge in [-0.05, 0) is 18.6 Å². The summed E-state index contributed by atoms with van der Waals surface area (Å²) in [5.74, 6) is 0. The fourth-order valence-electron chi connectivity index (χ4n) is 1.64. The summed E-state index contributed by atoms with van der Waals surface area (Å²) in [5.41, 5.74) is -1.52. The van der Waals surface area contributed by atoms with E-state index < -0.39 is 22.4 Å². The number of aromatic nitrogens is 1. The van der Waals surface area contributed by atoms with Gasteiger partial charge >= 0.3 is 6.18 Å². The molecule has 0 fully saturated rings. The minimum atomic E-state index is -4.61. The summed E-state index contributed by atoms with van der Waals surface area (Å²) in [6.07, 6.45) is -2.33. The van der Waals surface area contributed by atoms with Crippen LogP contribution in [0.5, 0.6) is 0 Å². The second kappa shape index (κ2) is 5.20. The van der Waals surface area contributed by atoms with Crippen LogP contribution in [0.1, 0.15) is 17.4 Å². The Morgan fingerprint density at radius 1 is 1.40 bits per heavy atom. The van der Waals surface area contributed by atoms with E-state index in [-0.39, 0.29) is 5.56 Å². The molecule has 106 valence electrons. The molecule has 0 aliphatic carbocycles. The van der Waals surface area contributed by atoms with Gasteiger partial charge in [-0.15, -0.1) is 11.3 Å². The predicted molar refractivity (Wildman–Crippen MR) is 68.6 cm³/mol. The average Bonchev–Trinajstić information content (AvgIpc) is 2.85. The lowest BCUT2D eigenvalue weighted by atomic mass is 10.1. The number of benzene rings is 1. The van der Waals surface area contributed by atoms with Crippen molar-refractivity contribution in [1.29, 1.82) is 0 Å². The van der Waals surface area contributed by atoms with Crippen LogP contribution in [-0.4, -0.2) is 9.91 Å². The van der Waals surface area contributed by atoms with Gasteiger partial charge in [0.25, 0.3) is 5.69 Å². The second-order valence-electron chi connectivity index (χ2n) is 3.97. The van der Waals surface area contributed by atoms with Gasteiger partial charge in [0.2, 0.25) is 0 Å². The Morgan fingerprint density at radius 2 is 2.10 bits per heavy atom. The Kier molecular flexibility index (Phi) is 3.76. The first-order chi connectivity index (χ1) is 9.32. The number of nitro benzene ring substituents is 1. The molecule has 0 N–H and O–H groups in total. The number of rotatable bonds is 3. The maximum Gasteiger partial charge on any atom is 0.416 e. The third-order valence-electron chi connectivity index (χ3n) is 2.65. The maximum absolute atomic E-state index is 12.6. The van der Waals surface area contributed by atoms with Crippen LogP contribution in [0.25, 0.3) is 10.6 Å². The van der Waals surface area contributed by atoms with Crippen molar-refractivity contribution >= 4 is 17.0 Å². The Balaban J connectivity index is 2.56. The average molecular weight is 302 g/mol. The smallest absolute Gasteiger partial charge is 0.258 e. The Labute approximate surface area is 116 Å². The van der Waals surface area contributed by atoms with Crippen LogP contribution in [-0.2, 0) is 12.6 Å². The molecule has 1 heterocycles. The number of hydrogen-bond acceptors (Lipinski definition) is 4. The van der Waals surface area contributed by atoms with Crippen molar-refractivity contribution in [3.8, 4) is 10.6 Å². The molecule has 4 nitrogen and oxygen atoms in total. The summed E-state index contributed by atoms with van der Waals surface area (Å²) in [7, 11) is 0. The summed E-state index contributed by atoms with van der Waals surface area (Å²) in [6, 6.07) is 2.47. The Bertz CT molecular complexity index is 652. The summed E-state index contributed by atoms with van der Waals surface area (Å²) in [5, 5.41) is 11.3. The van der Waals surface area contributed by atoms with Gasteiger partial charge in [-0.25, -0.2) is 4.98 Å². The van der Waals surface area contributed by atoms with Crippen molar-refractivity contribution in [3.05, 3.63) is 45.0 Å². The number of nitrogens with zero attached hydrogens (tertiary/aromatic N) is 2. The molecule has 0 saturated carbocycles. The first-order valence-corrected chi connectivity index (χ1v) is 6.45.